The maximum Gasteiger partial charge on any atom is 0.293 e. The van der Waals surface area contributed by atoms with E-state index in [1.54, 1.807) is 7.11 Å². The molecule has 1 aliphatic heterocycles. The zero-order chi connectivity index (χ0) is 17.1. The Bertz CT molecular complexity index is 773. The van der Waals surface area contributed by atoms with Crippen LogP contribution < -0.4 is 19.5 Å². The van der Waals surface area contributed by atoms with E-state index in [9.17, 15) is 5.26 Å². The van der Waals surface area contributed by atoms with Crippen molar-refractivity contribution >= 4 is 11.5 Å². The molecule has 1 aromatic heterocycles. The van der Waals surface area contributed by atoms with Crippen LogP contribution in [0.2, 0.25) is 0 Å². The number of pyridine rings is 1. The lowest BCUT2D eigenvalue weighted by Gasteiger charge is -2.33. The zero-order valence-corrected chi connectivity index (χ0v) is 14.5. The van der Waals surface area contributed by atoms with Crippen molar-refractivity contribution in [1.29, 1.82) is 5.26 Å². The molecular formula is C19H23N4O+. The number of H-pyrrole nitrogens is 1. The molecule has 1 N–H and O–H groups in total. The Morgan fingerprint density at radius 2 is 1.79 bits per heavy atom. The molecule has 1 fully saturated rings. The lowest BCUT2D eigenvalue weighted by molar-refractivity contribution is -0.374. The van der Waals surface area contributed by atoms with Crippen LogP contribution in [0.25, 0.3) is 0 Å². The third-order valence-electron chi connectivity index (χ3n) is 4.51. The van der Waals surface area contributed by atoms with Crippen LogP contribution in [-0.2, 0) is 0 Å². The number of hydrogen-bond donors (Lipinski definition) is 0. The maximum absolute atomic E-state index is 9.49. The maximum atomic E-state index is 9.49. The van der Waals surface area contributed by atoms with Crippen LogP contribution in [0.1, 0.15) is 16.8 Å². The predicted molar refractivity (Wildman–Crippen MR) is 94.6 cm³/mol. The third-order valence-corrected chi connectivity index (χ3v) is 4.51. The van der Waals surface area contributed by atoms with Gasteiger partial charge in [-0.2, -0.15) is 5.26 Å². The number of nitriles is 1. The second kappa shape index (κ2) is 6.79. The molecule has 1 aliphatic rings. The average molecular weight is 323 g/mol. The van der Waals surface area contributed by atoms with Gasteiger partial charge in [-0.3, -0.25) is 4.90 Å². The zero-order valence-electron chi connectivity index (χ0n) is 14.5. The fourth-order valence-electron chi connectivity index (χ4n) is 3.24. The second-order valence-corrected chi connectivity index (χ2v) is 6.15. The minimum atomic E-state index is 0.746. The van der Waals surface area contributed by atoms with Crippen molar-refractivity contribution in [2.75, 3.05) is 43.1 Å². The van der Waals surface area contributed by atoms with Gasteiger partial charge in [0.05, 0.1) is 25.9 Å². The number of anilines is 2. The normalized spacial score (nSPS) is 14.4. The fourth-order valence-corrected chi connectivity index (χ4v) is 3.24. The molecule has 24 heavy (non-hydrogen) atoms. The van der Waals surface area contributed by atoms with Crippen LogP contribution in [0, 0.1) is 25.2 Å². The molecule has 1 aromatic carbocycles. The van der Waals surface area contributed by atoms with Crippen molar-refractivity contribution in [3.63, 3.8) is 0 Å². The molecule has 5 nitrogen and oxygen atoms in total. The molecule has 0 spiro atoms. The lowest BCUT2D eigenvalue weighted by atomic mass is 10.1. The van der Waals surface area contributed by atoms with Crippen LogP contribution in [0.15, 0.2) is 30.3 Å². The van der Waals surface area contributed by atoms with Crippen molar-refractivity contribution in [1.82, 2.24) is 0 Å². The number of aryl methyl sites for hydroxylation is 2. The molecule has 1 saturated heterocycles. The number of aromatic nitrogens is 1. The number of piperazine rings is 1. The first kappa shape index (κ1) is 16.1. The Labute approximate surface area is 143 Å². The smallest absolute Gasteiger partial charge is 0.293 e. The van der Waals surface area contributed by atoms with E-state index in [1.807, 2.05) is 32.0 Å². The molecule has 0 unspecified atom stereocenters. The molecule has 124 valence electrons. The molecular weight excluding hydrogens is 300 g/mol. The summed E-state index contributed by atoms with van der Waals surface area (Å²) in [4.78, 5) is 8.00. The highest BCUT2D eigenvalue weighted by molar-refractivity contribution is 5.56. The summed E-state index contributed by atoms with van der Waals surface area (Å²) in [6.07, 6.45) is 0. The summed E-state index contributed by atoms with van der Waals surface area (Å²) in [5.41, 5.74) is 4.03. The predicted octanol–water partition coefficient (Wildman–Crippen LogP) is 2.32. The van der Waals surface area contributed by atoms with E-state index in [-0.39, 0.29) is 0 Å². The minimum Gasteiger partial charge on any atom is -0.497 e. The van der Waals surface area contributed by atoms with E-state index < -0.39 is 0 Å². The van der Waals surface area contributed by atoms with E-state index in [4.69, 9.17) is 4.74 Å². The van der Waals surface area contributed by atoms with Gasteiger partial charge in [0.2, 0.25) is 0 Å². The monoisotopic (exact) mass is 323 g/mol. The van der Waals surface area contributed by atoms with Gasteiger partial charge in [0, 0.05) is 11.8 Å². The highest BCUT2D eigenvalue weighted by Gasteiger charge is 2.27. The fraction of sp³-hybridized carbons (Fsp3) is 0.368. The van der Waals surface area contributed by atoms with Crippen molar-refractivity contribution in [3.8, 4) is 11.8 Å². The summed E-state index contributed by atoms with van der Waals surface area (Å²) >= 11 is 0. The van der Waals surface area contributed by atoms with Gasteiger partial charge in [0.15, 0.2) is 0 Å². The number of rotatable bonds is 3. The number of nitrogens with zero attached hydrogens (tertiary/aromatic N) is 3. The number of hydrogen-bond acceptors (Lipinski definition) is 4. The van der Waals surface area contributed by atoms with Crippen LogP contribution in [-0.4, -0.2) is 33.3 Å². The first-order chi connectivity index (χ1) is 11.6. The summed E-state index contributed by atoms with van der Waals surface area (Å²) in [7, 11) is 1.69. The Morgan fingerprint density at radius 1 is 1.08 bits per heavy atom. The Balaban J connectivity index is 1.77. The largest absolute Gasteiger partial charge is 0.497 e. The first-order valence-corrected chi connectivity index (χ1v) is 8.20. The van der Waals surface area contributed by atoms with Crippen molar-refractivity contribution in [3.05, 3.63) is 47.2 Å². The highest BCUT2D eigenvalue weighted by atomic mass is 16.5. The summed E-state index contributed by atoms with van der Waals surface area (Å²) < 4.78 is 5.31. The van der Waals surface area contributed by atoms with Gasteiger partial charge in [-0.05, 0) is 37.6 Å². The van der Waals surface area contributed by atoms with E-state index in [1.165, 1.54) is 5.69 Å². The number of aromatic amines is 1. The number of nitrogens with one attached hydrogen (secondary N) is 1. The number of benzene rings is 1. The molecule has 0 bridgehead atoms. The lowest BCUT2D eigenvalue weighted by Crippen LogP contribution is -2.48. The van der Waals surface area contributed by atoms with Gasteiger partial charge >= 0.3 is 0 Å². The molecule has 0 aliphatic carbocycles. The Morgan fingerprint density at radius 3 is 2.46 bits per heavy atom. The standard InChI is InChI=1S/C19H22N4O/c1-14-11-15(2)21-19(18(14)13-20)23-9-7-22(8-10-23)16-5-4-6-17(12-16)24-3/h4-6,11-12H,7-10H2,1-3H3/p+1. The van der Waals surface area contributed by atoms with Gasteiger partial charge in [-0.1, -0.05) is 6.07 Å². The molecule has 2 heterocycles. The molecule has 0 atom stereocenters. The summed E-state index contributed by atoms with van der Waals surface area (Å²) in [6.45, 7) is 7.62. The molecule has 0 amide bonds. The molecule has 3 rings (SSSR count). The van der Waals surface area contributed by atoms with Crippen LogP contribution in [0.5, 0.6) is 5.75 Å². The van der Waals surface area contributed by atoms with Crippen molar-refractivity contribution in [2.24, 2.45) is 0 Å². The number of ether oxygens (including phenoxy) is 1. The van der Waals surface area contributed by atoms with E-state index in [0.29, 0.717) is 0 Å². The van der Waals surface area contributed by atoms with Gasteiger partial charge in [-0.25, -0.2) is 4.98 Å². The Hall–Kier alpha value is -2.74. The van der Waals surface area contributed by atoms with E-state index >= 15 is 0 Å². The summed E-state index contributed by atoms with van der Waals surface area (Å²) in [5.74, 6) is 1.82. The summed E-state index contributed by atoms with van der Waals surface area (Å²) in [5, 5.41) is 9.49. The molecule has 0 saturated carbocycles. The topological polar surface area (TPSA) is 53.6 Å². The van der Waals surface area contributed by atoms with E-state index in [0.717, 1.165) is 54.6 Å². The summed E-state index contributed by atoms with van der Waals surface area (Å²) in [6, 6.07) is 12.5. The highest BCUT2D eigenvalue weighted by Crippen LogP contribution is 2.24. The van der Waals surface area contributed by atoms with Crippen LogP contribution in [0.3, 0.4) is 0 Å². The van der Waals surface area contributed by atoms with E-state index in [2.05, 4.69) is 33.0 Å². The van der Waals surface area contributed by atoms with Gasteiger partial charge in [0.1, 0.15) is 30.5 Å². The van der Waals surface area contributed by atoms with Crippen LogP contribution in [0.4, 0.5) is 11.5 Å². The van der Waals surface area contributed by atoms with Gasteiger partial charge < -0.3 is 9.64 Å². The molecule has 5 heteroatoms. The van der Waals surface area contributed by atoms with Gasteiger partial charge in [0.25, 0.3) is 5.82 Å². The quantitative estimate of drug-likeness (QED) is 0.870. The first-order valence-electron chi connectivity index (χ1n) is 8.20. The number of methoxy groups -OCH3 is 1. The van der Waals surface area contributed by atoms with Crippen LogP contribution >= 0.6 is 0 Å². The average Bonchev–Trinajstić information content (AvgIpc) is 2.61. The SMILES string of the molecule is COc1cccc(N2CCN(c3[nH+]c(C)cc(C)c3C#N)CC2)c1. The molecule has 2 aromatic rings. The van der Waals surface area contributed by atoms with Crippen molar-refractivity contribution < 1.29 is 9.72 Å². The second-order valence-electron chi connectivity index (χ2n) is 6.15. The minimum absolute atomic E-state index is 0.746. The Kier molecular flexibility index (Phi) is 4.57. The molecule has 0 radical (unpaired) electrons. The van der Waals surface area contributed by atoms with Crippen molar-refractivity contribution in [2.45, 2.75) is 13.8 Å². The third kappa shape index (κ3) is 3.13. The van der Waals surface area contributed by atoms with Gasteiger partial charge in [-0.15, -0.1) is 0 Å².